The molecule has 8 heteroatoms. The van der Waals surface area contributed by atoms with Crippen molar-refractivity contribution in [3.05, 3.63) is 57.8 Å². The van der Waals surface area contributed by atoms with Gasteiger partial charge in [-0.25, -0.2) is 0 Å². The molecular weight excluding hydrogens is 364 g/mol. The third kappa shape index (κ3) is 4.43. The molecule has 120 valence electrons. The minimum absolute atomic E-state index is 0.407. The molecule has 1 aromatic carbocycles. The summed E-state index contributed by atoms with van der Waals surface area (Å²) >= 11 is 3.28. The van der Waals surface area contributed by atoms with Crippen LogP contribution in [0.2, 0.25) is 0 Å². The molecule has 1 aromatic heterocycles. The highest BCUT2D eigenvalue weighted by molar-refractivity contribution is 9.10. The van der Waals surface area contributed by atoms with Gasteiger partial charge in [0.15, 0.2) is 0 Å². The van der Waals surface area contributed by atoms with E-state index in [1.54, 1.807) is 48.1 Å². The summed E-state index contributed by atoms with van der Waals surface area (Å²) in [5.74, 6) is -0.822. The maximum Gasteiger partial charge on any atom is 0.286 e. The molecule has 0 radical (unpaired) electrons. The summed E-state index contributed by atoms with van der Waals surface area (Å²) in [4.78, 5) is 28.6. The number of rotatable bonds is 4. The van der Waals surface area contributed by atoms with Crippen LogP contribution in [0.3, 0.4) is 0 Å². The molecule has 0 aliphatic rings. The highest BCUT2D eigenvalue weighted by Crippen LogP contribution is 2.13. The van der Waals surface area contributed by atoms with E-state index in [2.05, 4.69) is 36.8 Å². The number of carbonyl (C=O) groups excluding carboxylic acids is 2. The van der Waals surface area contributed by atoms with Gasteiger partial charge in [0.05, 0.1) is 6.21 Å². The van der Waals surface area contributed by atoms with Crippen LogP contribution in [0, 0.1) is 0 Å². The molecule has 2 aromatic rings. The molecule has 2 N–H and O–H groups in total. The quantitative estimate of drug-likeness (QED) is 0.628. The van der Waals surface area contributed by atoms with Crippen LogP contribution < -0.4 is 10.9 Å². The van der Waals surface area contributed by atoms with Crippen LogP contribution in [0.5, 0.6) is 0 Å². The molecule has 23 heavy (non-hydrogen) atoms. The zero-order valence-electron chi connectivity index (χ0n) is 12.5. The Balaban J connectivity index is 1.95. The third-order valence-electron chi connectivity index (χ3n) is 2.97. The molecule has 0 spiro atoms. The first kappa shape index (κ1) is 16.8. The standard InChI is InChI=1S/C15H15BrN4O3/c1-20-9-12(16)7-13(20)15(22)19-18-14(21)11-5-3-10(4-6-11)8-17-23-2/h3-9H,1-2H3,(H,18,21)(H,19,22)/b17-8+. The molecule has 2 rings (SSSR count). The van der Waals surface area contributed by atoms with Crippen LogP contribution in [0.1, 0.15) is 26.4 Å². The minimum atomic E-state index is -0.415. The summed E-state index contributed by atoms with van der Waals surface area (Å²) in [5.41, 5.74) is 6.37. The largest absolute Gasteiger partial charge is 0.399 e. The summed E-state index contributed by atoms with van der Waals surface area (Å²) in [6, 6.07) is 8.34. The van der Waals surface area contributed by atoms with E-state index in [1.165, 1.54) is 13.3 Å². The van der Waals surface area contributed by atoms with Gasteiger partial charge in [0.25, 0.3) is 11.8 Å². The highest BCUT2D eigenvalue weighted by Gasteiger charge is 2.12. The number of oxime groups is 1. The zero-order chi connectivity index (χ0) is 16.8. The molecule has 0 unspecified atom stereocenters. The number of hydrogen-bond acceptors (Lipinski definition) is 4. The van der Waals surface area contributed by atoms with Crippen molar-refractivity contribution in [3.8, 4) is 0 Å². The van der Waals surface area contributed by atoms with Gasteiger partial charge in [-0.05, 0) is 39.7 Å². The lowest BCUT2D eigenvalue weighted by Crippen LogP contribution is -2.42. The molecule has 0 aliphatic heterocycles. The molecule has 0 saturated heterocycles. The van der Waals surface area contributed by atoms with E-state index in [9.17, 15) is 9.59 Å². The van der Waals surface area contributed by atoms with Crippen molar-refractivity contribution in [2.24, 2.45) is 12.2 Å². The molecule has 0 bridgehead atoms. The number of aryl methyl sites for hydroxylation is 1. The average Bonchev–Trinajstić information content (AvgIpc) is 2.89. The summed E-state index contributed by atoms with van der Waals surface area (Å²) in [5, 5.41) is 3.63. The highest BCUT2D eigenvalue weighted by atomic mass is 79.9. The normalized spacial score (nSPS) is 10.6. The molecule has 0 fully saturated rings. The summed E-state index contributed by atoms with van der Waals surface area (Å²) in [6.45, 7) is 0. The lowest BCUT2D eigenvalue weighted by Gasteiger charge is -2.08. The number of hydrazine groups is 1. The van der Waals surface area contributed by atoms with E-state index in [0.29, 0.717) is 11.3 Å². The molecule has 2 amide bonds. The second-order valence-electron chi connectivity index (χ2n) is 4.60. The first-order valence-corrected chi connectivity index (χ1v) is 7.39. The smallest absolute Gasteiger partial charge is 0.286 e. The zero-order valence-corrected chi connectivity index (χ0v) is 14.1. The Labute approximate surface area is 141 Å². The van der Waals surface area contributed by atoms with Gasteiger partial charge in [0.2, 0.25) is 0 Å². The fourth-order valence-electron chi connectivity index (χ4n) is 1.83. The maximum atomic E-state index is 12.0. The van der Waals surface area contributed by atoms with Crippen LogP contribution >= 0.6 is 15.9 Å². The van der Waals surface area contributed by atoms with Crippen molar-refractivity contribution >= 4 is 34.0 Å². The topological polar surface area (TPSA) is 84.7 Å². The summed E-state index contributed by atoms with van der Waals surface area (Å²) in [6.07, 6.45) is 3.27. The van der Waals surface area contributed by atoms with Crippen LogP contribution in [-0.2, 0) is 11.9 Å². The molecule has 1 heterocycles. The Hall–Kier alpha value is -2.61. The predicted molar refractivity (Wildman–Crippen MR) is 89.1 cm³/mol. The SMILES string of the molecule is CO/N=C/c1ccc(C(=O)NNC(=O)c2cc(Br)cn2C)cc1. The Morgan fingerprint density at radius 3 is 2.43 bits per heavy atom. The second-order valence-corrected chi connectivity index (χ2v) is 5.52. The molecular formula is C15H15BrN4O3. The van der Waals surface area contributed by atoms with Crippen molar-refractivity contribution in [3.63, 3.8) is 0 Å². The van der Waals surface area contributed by atoms with Gasteiger partial charge in [-0.3, -0.25) is 20.4 Å². The fraction of sp³-hybridized carbons (Fsp3) is 0.133. The van der Waals surface area contributed by atoms with Gasteiger partial charge in [-0.2, -0.15) is 0 Å². The first-order chi connectivity index (χ1) is 11.0. The van der Waals surface area contributed by atoms with E-state index in [4.69, 9.17) is 0 Å². The van der Waals surface area contributed by atoms with Gasteiger partial charge >= 0.3 is 0 Å². The number of halogens is 1. The van der Waals surface area contributed by atoms with Gasteiger partial charge < -0.3 is 9.40 Å². The van der Waals surface area contributed by atoms with Gasteiger partial charge in [0.1, 0.15) is 12.8 Å². The number of nitrogens with one attached hydrogen (secondary N) is 2. The number of aromatic nitrogens is 1. The van der Waals surface area contributed by atoms with Crippen LogP contribution in [0.4, 0.5) is 0 Å². The predicted octanol–water partition coefficient (Wildman–Crippen LogP) is 1.84. The Morgan fingerprint density at radius 2 is 1.87 bits per heavy atom. The van der Waals surface area contributed by atoms with Crippen LogP contribution in [-0.4, -0.2) is 29.7 Å². The van der Waals surface area contributed by atoms with Gasteiger partial charge in [-0.1, -0.05) is 17.3 Å². The van der Waals surface area contributed by atoms with E-state index in [-0.39, 0.29) is 0 Å². The monoisotopic (exact) mass is 378 g/mol. The van der Waals surface area contributed by atoms with Crippen molar-refractivity contribution in [2.45, 2.75) is 0 Å². The third-order valence-corrected chi connectivity index (χ3v) is 3.41. The van der Waals surface area contributed by atoms with Gasteiger partial charge in [-0.15, -0.1) is 0 Å². The van der Waals surface area contributed by atoms with E-state index >= 15 is 0 Å². The minimum Gasteiger partial charge on any atom is -0.399 e. The van der Waals surface area contributed by atoms with E-state index in [0.717, 1.165) is 10.0 Å². The second kappa shape index (κ2) is 7.59. The van der Waals surface area contributed by atoms with Crippen molar-refractivity contribution in [1.29, 1.82) is 0 Å². The number of carbonyl (C=O) groups is 2. The van der Waals surface area contributed by atoms with E-state index in [1.807, 2.05) is 0 Å². The Morgan fingerprint density at radius 1 is 1.22 bits per heavy atom. The Kier molecular flexibility index (Phi) is 5.53. The van der Waals surface area contributed by atoms with Crippen LogP contribution in [0.15, 0.2) is 46.2 Å². The van der Waals surface area contributed by atoms with Crippen molar-refractivity contribution in [2.75, 3.05) is 7.11 Å². The van der Waals surface area contributed by atoms with Crippen molar-refractivity contribution < 1.29 is 14.4 Å². The number of nitrogens with zero attached hydrogens (tertiary/aromatic N) is 2. The number of benzene rings is 1. The molecule has 0 atom stereocenters. The molecule has 0 saturated carbocycles. The van der Waals surface area contributed by atoms with Gasteiger partial charge in [0, 0.05) is 23.3 Å². The lowest BCUT2D eigenvalue weighted by atomic mass is 10.1. The van der Waals surface area contributed by atoms with E-state index < -0.39 is 11.8 Å². The summed E-state index contributed by atoms with van der Waals surface area (Å²) in [7, 11) is 3.19. The van der Waals surface area contributed by atoms with Crippen molar-refractivity contribution in [1.82, 2.24) is 15.4 Å². The van der Waals surface area contributed by atoms with Crippen LogP contribution in [0.25, 0.3) is 0 Å². The number of hydrogen-bond donors (Lipinski definition) is 2. The molecule has 7 nitrogen and oxygen atoms in total. The average molecular weight is 379 g/mol. The maximum absolute atomic E-state index is 12.0. The number of amides is 2. The molecule has 0 aliphatic carbocycles. The fourth-order valence-corrected chi connectivity index (χ4v) is 2.36. The Bertz CT molecular complexity index is 738. The summed E-state index contributed by atoms with van der Waals surface area (Å²) < 4.78 is 2.43. The first-order valence-electron chi connectivity index (χ1n) is 6.60. The lowest BCUT2D eigenvalue weighted by molar-refractivity contribution is 0.0842.